The number of piperazine rings is 1. The smallest absolute Gasteiger partial charge is 0.224 e. The molecule has 2 N–H and O–H groups in total. The minimum atomic E-state index is -3.14. The molecule has 0 aliphatic carbocycles. The van der Waals surface area contributed by atoms with Crippen LogP contribution in [-0.4, -0.2) is 61.5 Å². The van der Waals surface area contributed by atoms with Crippen molar-refractivity contribution in [1.29, 1.82) is 0 Å². The number of hydrogen-bond acceptors (Lipinski definition) is 4. The molecule has 0 saturated carbocycles. The zero-order valence-corrected chi connectivity index (χ0v) is 13.4. The van der Waals surface area contributed by atoms with Crippen LogP contribution in [0.2, 0.25) is 0 Å². The third-order valence-electron chi connectivity index (χ3n) is 3.54. The van der Waals surface area contributed by atoms with Crippen LogP contribution in [0.25, 0.3) is 0 Å². The fourth-order valence-corrected chi connectivity index (χ4v) is 3.92. The van der Waals surface area contributed by atoms with E-state index in [1.165, 1.54) is 4.31 Å². The van der Waals surface area contributed by atoms with Crippen LogP contribution in [0, 0.1) is 0 Å². The average molecular weight is 305 g/mol. The fourth-order valence-electron chi connectivity index (χ4n) is 2.43. The highest BCUT2D eigenvalue weighted by atomic mass is 32.2. The summed E-state index contributed by atoms with van der Waals surface area (Å²) in [7, 11) is -3.14. The molecule has 1 rings (SSSR count). The third kappa shape index (κ3) is 5.03. The Morgan fingerprint density at radius 3 is 2.25 bits per heavy atom. The van der Waals surface area contributed by atoms with E-state index in [-0.39, 0.29) is 17.7 Å². The fraction of sp³-hybridized carbons (Fsp3) is 0.923. The van der Waals surface area contributed by atoms with E-state index in [9.17, 15) is 13.2 Å². The van der Waals surface area contributed by atoms with E-state index in [0.717, 1.165) is 12.8 Å². The van der Waals surface area contributed by atoms with Crippen molar-refractivity contribution in [3.63, 3.8) is 0 Å². The monoisotopic (exact) mass is 305 g/mol. The van der Waals surface area contributed by atoms with Crippen LogP contribution in [-0.2, 0) is 14.8 Å². The molecule has 1 fully saturated rings. The van der Waals surface area contributed by atoms with Crippen LogP contribution in [0.3, 0.4) is 0 Å². The number of rotatable bonds is 7. The molecule has 6 nitrogen and oxygen atoms in total. The molecule has 0 aromatic heterocycles. The molecule has 7 heteroatoms. The first-order valence-electron chi connectivity index (χ1n) is 7.41. The SMILES string of the molecule is CCCC(N)CC(=O)N1CCN(S(=O)(=O)CCC)CC1. The summed E-state index contributed by atoms with van der Waals surface area (Å²) < 4.78 is 25.3. The summed E-state index contributed by atoms with van der Waals surface area (Å²) in [6, 6.07) is -0.0886. The standard InChI is InChI=1S/C13H27N3O3S/c1-3-5-12(14)11-13(17)15-6-8-16(9-7-15)20(18,19)10-4-2/h12H,3-11,14H2,1-2H3. The molecule has 0 aromatic carbocycles. The van der Waals surface area contributed by atoms with E-state index in [0.29, 0.717) is 39.0 Å². The zero-order chi connectivity index (χ0) is 15.2. The van der Waals surface area contributed by atoms with Crippen LogP contribution in [0.1, 0.15) is 39.5 Å². The van der Waals surface area contributed by atoms with Gasteiger partial charge in [0.25, 0.3) is 0 Å². The Balaban J connectivity index is 2.44. The average Bonchev–Trinajstić information content (AvgIpc) is 2.39. The normalized spacial score (nSPS) is 19.1. The third-order valence-corrected chi connectivity index (χ3v) is 5.62. The second-order valence-electron chi connectivity index (χ2n) is 5.35. The van der Waals surface area contributed by atoms with E-state index >= 15 is 0 Å². The predicted molar refractivity (Wildman–Crippen MR) is 79.7 cm³/mol. The zero-order valence-electron chi connectivity index (χ0n) is 12.5. The molecule has 118 valence electrons. The van der Waals surface area contributed by atoms with Crippen molar-refractivity contribution >= 4 is 15.9 Å². The van der Waals surface area contributed by atoms with Crippen molar-refractivity contribution in [2.45, 2.75) is 45.6 Å². The Labute approximate surface area is 122 Å². The Morgan fingerprint density at radius 1 is 1.15 bits per heavy atom. The van der Waals surface area contributed by atoms with Crippen LogP contribution in [0.4, 0.5) is 0 Å². The molecular weight excluding hydrogens is 278 g/mol. The van der Waals surface area contributed by atoms with Crippen molar-refractivity contribution in [1.82, 2.24) is 9.21 Å². The molecule has 0 spiro atoms. The van der Waals surface area contributed by atoms with Crippen molar-refractivity contribution in [3.8, 4) is 0 Å². The molecule has 20 heavy (non-hydrogen) atoms. The highest BCUT2D eigenvalue weighted by Crippen LogP contribution is 2.11. The first kappa shape index (κ1) is 17.4. The maximum Gasteiger partial charge on any atom is 0.224 e. The van der Waals surface area contributed by atoms with Crippen molar-refractivity contribution in [2.24, 2.45) is 5.73 Å². The van der Waals surface area contributed by atoms with Crippen molar-refractivity contribution in [3.05, 3.63) is 0 Å². The largest absolute Gasteiger partial charge is 0.340 e. The van der Waals surface area contributed by atoms with Crippen LogP contribution < -0.4 is 5.73 Å². The predicted octanol–water partition coefficient (Wildman–Crippen LogP) is 0.388. The molecule has 0 radical (unpaired) electrons. The van der Waals surface area contributed by atoms with Gasteiger partial charge in [-0.15, -0.1) is 0 Å². The van der Waals surface area contributed by atoms with Gasteiger partial charge in [-0.25, -0.2) is 8.42 Å². The highest BCUT2D eigenvalue weighted by molar-refractivity contribution is 7.89. The van der Waals surface area contributed by atoms with Crippen molar-refractivity contribution < 1.29 is 13.2 Å². The van der Waals surface area contributed by atoms with Gasteiger partial charge < -0.3 is 10.6 Å². The van der Waals surface area contributed by atoms with E-state index in [1.807, 2.05) is 13.8 Å². The summed E-state index contributed by atoms with van der Waals surface area (Å²) in [4.78, 5) is 13.8. The lowest BCUT2D eigenvalue weighted by molar-refractivity contribution is -0.132. The van der Waals surface area contributed by atoms with Gasteiger partial charge in [-0.1, -0.05) is 20.3 Å². The lowest BCUT2D eigenvalue weighted by Gasteiger charge is -2.34. The highest BCUT2D eigenvalue weighted by Gasteiger charge is 2.28. The maximum absolute atomic E-state index is 12.0. The number of amides is 1. The van der Waals surface area contributed by atoms with Gasteiger partial charge >= 0.3 is 0 Å². The van der Waals surface area contributed by atoms with E-state index in [1.54, 1.807) is 4.90 Å². The Hall–Kier alpha value is -0.660. The number of carbonyl (C=O) groups is 1. The second-order valence-corrected chi connectivity index (χ2v) is 7.44. The van der Waals surface area contributed by atoms with Gasteiger partial charge in [-0.2, -0.15) is 4.31 Å². The lowest BCUT2D eigenvalue weighted by Crippen LogP contribution is -2.51. The molecule has 0 bridgehead atoms. The van der Waals surface area contributed by atoms with E-state index in [4.69, 9.17) is 5.73 Å². The molecule has 1 atom stereocenters. The van der Waals surface area contributed by atoms with Crippen molar-refractivity contribution in [2.75, 3.05) is 31.9 Å². The summed E-state index contributed by atoms with van der Waals surface area (Å²) in [5.74, 6) is 0.223. The van der Waals surface area contributed by atoms with Crippen LogP contribution >= 0.6 is 0 Å². The Morgan fingerprint density at radius 2 is 1.75 bits per heavy atom. The summed E-state index contributed by atoms with van der Waals surface area (Å²) in [6.45, 7) is 5.64. The topological polar surface area (TPSA) is 83.7 Å². The van der Waals surface area contributed by atoms with Gasteiger partial charge in [-0.3, -0.25) is 4.79 Å². The number of hydrogen-bond donors (Lipinski definition) is 1. The summed E-state index contributed by atoms with van der Waals surface area (Å²) in [5, 5.41) is 0. The van der Waals surface area contributed by atoms with E-state index < -0.39 is 10.0 Å². The van der Waals surface area contributed by atoms with Gasteiger partial charge in [0.15, 0.2) is 0 Å². The molecule has 1 saturated heterocycles. The molecule has 1 aliphatic heterocycles. The number of nitrogens with two attached hydrogens (primary N) is 1. The number of sulfonamides is 1. The number of nitrogens with zero attached hydrogens (tertiary/aromatic N) is 2. The summed E-state index contributed by atoms with van der Waals surface area (Å²) in [6.07, 6.45) is 2.79. The lowest BCUT2D eigenvalue weighted by atomic mass is 10.1. The minimum Gasteiger partial charge on any atom is -0.340 e. The first-order chi connectivity index (χ1) is 9.40. The second kappa shape index (κ2) is 7.95. The minimum absolute atomic E-state index is 0.0403. The maximum atomic E-state index is 12.0. The van der Waals surface area contributed by atoms with Gasteiger partial charge in [0.2, 0.25) is 15.9 Å². The van der Waals surface area contributed by atoms with Crippen LogP contribution in [0.5, 0.6) is 0 Å². The van der Waals surface area contributed by atoms with Gasteiger partial charge in [-0.05, 0) is 12.8 Å². The number of carbonyl (C=O) groups excluding carboxylic acids is 1. The Kier molecular flexibility index (Phi) is 6.91. The first-order valence-corrected chi connectivity index (χ1v) is 9.02. The Bertz CT molecular complexity index is 403. The van der Waals surface area contributed by atoms with Gasteiger partial charge in [0.05, 0.1) is 5.75 Å². The molecule has 1 aliphatic rings. The molecular formula is C13H27N3O3S. The van der Waals surface area contributed by atoms with Gasteiger partial charge in [0.1, 0.15) is 0 Å². The van der Waals surface area contributed by atoms with Crippen LogP contribution in [0.15, 0.2) is 0 Å². The van der Waals surface area contributed by atoms with Gasteiger partial charge in [0, 0.05) is 38.6 Å². The summed E-state index contributed by atoms with van der Waals surface area (Å²) >= 11 is 0. The quantitative estimate of drug-likeness (QED) is 0.737. The molecule has 1 amide bonds. The molecule has 1 unspecified atom stereocenters. The van der Waals surface area contributed by atoms with E-state index in [2.05, 4.69) is 0 Å². The summed E-state index contributed by atoms with van der Waals surface area (Å²) in [5.41, 5.74) is 5.87. The molecule has 1 heterocycles. The molecule has 0 aromatic rings.